The highest BCUT2D eigenvalue weighted by Gasteiger charge is 2.09. The van der Waals surface area contributed by atoms with E-state index in [0.29, 0.717) is 17.3 Å². The third-order valence-corrected chi connectivity index (χ3v) is 3.05. The van der Waals surface area contributed by atoms with Crippen molar-refractivity contribution in [3.63, 3.8) is 0 Å². The van der Waals surface area contributed by atoms with Gasteiger partial charge in [0, 0.05) is 18.0 Å². The predicted molar refractivity (Wildman–Crippen MR) is 76.4 cm³/mol. The van der Waals surface area contributed by atoms with E-state index in [1.54, 1.807) is 0 Å². The Morgan fingerprint density at radius 3 is 2.83 bits per heavy atom. The number of hydrogen-bond acceptors (Lipinski definition) is 2. The fourth-order valence-corrected chi connectivity index (χ4v) is 2.19. The molecule has 0 unspecified atom stereocenters. The molecule has 0 bridgehead atoms. The van der Waals surface area contributed by atoms with E-state index in [1.807, 2.05) is 18.2 Å². The molecule has 96 valence electrons. The van der Waals surface area contributed by atoms with Gasteiger partial charge in [0.2, 0.25) is 0 Å². The summed E-state index contributed by atoms with van der Waals surface area (Å²) in [6.07, 6.45) is 1.34. The maximum absolute atomic E-state index is 8.55. The molecular weight excluding hydrogens is 293 g/mol. The van der Waals surface area contributed by atoms with Gasteiger partial charge in [-0.15, -0.1) is 24.0 Å². The summed E-state index contributed by atoms with van der Waals surface area (Å²) in [5, 5.41) is 9.22. The summed E-state index contributed by atoms with van der Waals surface area (Å²) < 4.78 is 2.05. The zero-order valence-electron chi connectivity index (χ0n) is 9.57. The van der Waals surface area contributed by atoms with Crippen LogP contribution in [0, 0.1) is 11.3 Å². The first-order valence-corrected chi connectivity index (χ1v) is 6.25. The zero-order valence-corrected chi connectivity index (χ0v) is 11.9. The van der Waals surface area contributed by atoms with Crippen LogP contribution in [-0.2, 0) is 12.4 Å². The monoisotopic (exact) mass is 303 g/mol. The molecule has 0 amide bonds. The van der Waals surface area contributed by atoms with Gasteiger partial charge in [-0.05, 0) is 24.6 Å². The summed E-state index contributed by atoms with van der Waals surface area (Å²) in [5.74, 6) is 1.18. The number of aromatic nitrogens is 2. The van der Waals surface area contributed by atoms with Gasteiger partial charge in [-0.3, -0.25) is 0 Å². The number of unbranched alkanes of at least 4 members (excludes halogenated alkanes) is 1. The van der Waals surface area contributed by atoms with Crippen molar-refractivity contribution in [2.75, 3.05) is 0 Å². The van der Waals surface area contributed by atoms with Crippen LogP contribution in [0.2, 0.25) is 5.02 Å². The lowest BCUT2D eigenvalue weighted by Crippen LogP contribution is -2.02. The van der Waals surface area contributed by atoms with E-state index in [1.165, 1.54) is 0 Å². The molecule has 1 heterocycles. The molecule has 0 saturated carbocycles. The Morgan fingerprint density at radius 2 is 2.17 bits per heavy atom. The Balaban J connectivity index is 0.00000162. The first-order chi connectivity index (χ1) is 8.26. The molecule has 0 saturated heterocycles. The van der Waals surface area contributed by atoms with Crippen molar-refractivity contribution in [3.05, 3.63) is 29.0 Å². The lowest BCUT2D eigenvalue weighted by atomic mass is 10.3. The van der Waals surface area contributed by atoms with Crippen molar-refractivity contribution in [1.29, 1.82) is 5.26 Å². The van der Waals surface area contributed by atoms with Gasteiger partial charge in [-0.2, -0.15) is 5.26 Å². The van der Waals surface area contributed by atoms with E-state index in [9.17, 15) is 0 Å². The number of nitriles is 1. The van der Waals surface area contributed by atoms with Crippen molar-refractivity contribution in [2.24, 2.45) is 0 Å². The average molecular weight is 305 g/mol. The van der Waals surface area contributed by atoms with Crippen molar-refractivity contribution < 1.29 is 0 Å². The van der Waals surface area contributed by atoms with Crippen molar-refractivity contribution >= 4 is 46.6 Å². The predicted octanol–water partition coefficient (Wildman–Crippen LogP) is 4.15. The summed E-state index contributed by atoms with van der Waals surface area (Å²) in [5.41, 5.74) is 1.87. The smallest absolute Gasteiger partial charge is 0.124 e. The number of rotatable bonds is 4. The minimum absolute atomic E-state index is 0. The highest BCUT2D eigenvalue weighted by molar-refractivity contribution is 6.31. The molecule has 0 fully saturated rings. The van der Waals surface area contributed by atoms with Crippen LogP contribution < -0.4 is 0 Å². The van der Waals surface area contributed by atoms with Crippen LogP contribution in [0.1, 0.15) is 18.7 Å². The maximum atomic E-state index is 8.55. The first-order valence-electron chi connectivity index (χ1n) is 5.34. The topological polar surface area (TPSA) is 41.6 Å². The quantitative estimate of drug-likeness (QED) is 0.629. The number of nitrogens with zero attached hydrogens (tertiary/aromatic N) is 3. The van der Waals surface area contributed by atoms with Gasteiger partial charge in [-0.1, -0.05) is 11.6 Å². The molecule has 3 nitrogen and oxygen atoms in total. The van der Waals surface area contributed by atoms with Crippen molar-refractivity contribution in [1.82, 2.24) is 9.55 Å². The molecule has 1 aromatic heterocycles. The molecule has 0 spiro atoms. The number of hydrogen-bond donors (Lipinski definition) is 0. The van der Waals surface area contributed by atoms with Gasteiger partial charge in [0.05, 0.1) is 23.0 Å². The number of fused-ring (bicyclic) bond motifs is 1. The lowest BCUT2D eigenvalue weighted by Gasteiger charge is -2.05. The summed E-state index contributed by atoms with van der Waals surface area (Å²) in [7, 11) is 0. The normalized spacial score (nSPS) is 10.1. The van der Waals surface area contributed by atoms with Crippen LogP contribution in [0.15, 0.2) is 18.2 Å². The third kappa shape index (κ3) is 3.08. The van der Waals surface area contributed by atoms with Crippen LogP contribution in [-0.4, -0.2) is 9.55 Å². The zero-order chi connectivity index (χ0) is 12.3. The van der Waals surface area contributed by atoms with E-state index in [2.05, 4.69) is 15.6 Å². The standard InChI is InChI=1S/C12H11Cl2N3.ClH/c13-8-12-16-10-7-9(14)3-4-11(10)17(12)6-2-1-5-15;/h3-4,7H,1-2,6,8H2;1H. The van der Waals surface area contributed by atoms with Crippen LogP contribution in [0.3, 0.4) is 0 Å². The van der Waals surface area contributed by atoms with Crippen LogP contribution in [0.4, 0.5) is 0 Å². The molecule has 0 aliphatic rings. The third-order valence-electron chi connectivity index (χ3n) is 2.58. The van der Waals surface area contributed by atoms with Gasteiger partial charge < -0.3 is 4.57 Å². The first kappa shape index (κ1) is 15.1. The molecule has 0 atom stereocenters. The minimum Gasteiger partial charge on any atom is -0.327 e. The molecule has 0 N–H and O–H groups in total. The number of alkyl halides is 1. The number of imidazole rings is 1. The maximum Gasteiger partial charge on any atom is 0.124 e. The lowest BCUT2D eigenvalue weighted by molar-refractivity contribution is 0.648. The van der Waals surface area contributed by atoms with E-state index >= 15 is 0 Å². The molecular formula is C12H12Cl3N3. The number of aryl methyl sites for hydroxylation is 1. The van der Waals surface area contributed by atoms with Crippen molar-refractivity contribution in [2.45, 2.75) is 25.3 Å². The van der Waals surface area contributed by atoms with E-state index in [0.717, 1.165) is 29.8 Å². The van der Waals surface area contributed by atoms with E-state index in [-0.39, 0.29) is 12.4 Å². The summed E-state index contributed by atoms with van der Waals surface area (Å²) in [4.78, 5) is 4.43. The SMILES string of the molecule is Cl.N#CCCCn1c(CCl)nc2cc(Cl)ccc21. The molecule has 0 aliphatic carbocycles. The highest BCUT2D eigenvalue weighted by atomic mass is 35.5. The molecule has 0 radical (unpaired) electrons. The van der Waals surface area contributed by atoms with Gasteiger partial charge in [0.25, 0.3) is 0 Å². The second kappa shape index (κ2) is 6.84. The highest BCUT2D eigenvalue weighted by Crippen LogP contribution is 2.22. The van der Waals surface area contributed by atoms with E-state index < -0.39 is 0 Å². The fourth-order valence-electron chi connectivity index (χ4n) is 1.82. The Hall–Kier alpha value is -0.950. The van der Waals surface area contributed by atoms with Crippen LogP contribution >= 0.6 is 35.6 Å². The Bertz CT molecular complexity index is 572. The number of halogens is 3. The van der Waals surface area contributed by atoms with E-state index in [4.69, 9.17) is 28.5 Å². The Labute approximate surface area is 122 Å². The van der Waals surface area contributed by atoms with Crippen LogP contribution in [0.25, 0.3) is 11.0 Å². The molecule has 2 rings (SSSR count). The second-order valence-corrected chi connectivity index (χ2v) is 4.41. The summed E-state index contributed by atoms with van der Waals surface area (Å²) in [6, 6.07) is 7.74. The second-order valence-electron chi connectivity index (χ2n) is 3.71. The summed E-state index contributed by atoms with van der Waals surface area (Å²) in [6.45, 7) is 0.758. The Morgan fingerprint density at radius 1 is 1.39 bits per heavy atom. The largest absolute Gasteiger partial charge is 0.327 e. The number of benzene rings is 1. The molecule has 0 aliphatic heterocycles. The van der Waals surface area contributed by atoms with Gasteiger partial charge in [0.1, 0.15) is 5.82 Å². The van der Waals surface area contributed by atoms with Gasteiger partial charge in [-0.25, -0.2) is 4.98 Å². The molecule has 6 heteroatoms. The summed E-state index contributed by atoms with van der Waals surface area (Å²) >= 11 is 11.8. The van der Waals surface area contributed by atoms with Crippen molar-refractivity contribution in [3.8, 4) is 6.07 Å². The fraction of sp³-hybridized carbons (Fsp3) is 0.333. The molecule has 2 aromatic rings. The van der Waals surface area contributed by atoms with Gasteiger partial charge in [0.15, 0.2) is 0 Å². The van der Waals surface area contributed by atoms with Gasteiger partial charge >= 0.3 is 0 Å². The minimum atomic E-state index is 0. The Kier molecular flexibility index (Phi) is 5.74. The molecule has 1 aromatic carbocycles. The average Bonchev–Trinajstić information content (AvgIpc) is 2.67. The van der Waals surface area contributed by atoms with Crippen LogP contribution in [0.5, 0.6) is 0 Å². The molecule has 18 heavy (non-hydrogen) atoms.